The van der Waals surface area contributed by atoms with Crippen LogP contribution in [0.25, 0.3) is 0 Å². The lowest BCUT2D eigenvalue weighted by atomic mass is 9.75. The maximum atomic E-state index is 12.2. The van der Waals surface area contributed by atoms with Gasteiger partial charge in [0.2, 0.25) is 0 Å². The quantitative estimate of drug-likeness (QED) is 0.765. The Labute approximate surface area is 98.9 Å². The van der Waals surface area contributed by atoms with Crippen molar-refractivity contribution in [2.45, 2.75) is 63.8 Å². The summed E-state index contributed by atoms with van der Waals surface area (Å²) < 4.78 is 24.5. The molecule has 0 radical (unpaired) electrons. The lowest BCUT2D eigenvalue weighted by Gasteiger charge is -2.45. The van der Waals surface area contributed by atoms with Crippen LogP contribution in [0.3, 0.4) is 0 Å². The van der Waals surface area contributed by atoms with Crippen molar-refractivity contribution in [3.63, 3.8) is 0 Å². The normalized spacial score (nSPS) is 41.3. The lowest BCUT2D eigenvalue weighted by Crippen LogP contribution is -2.60. The highest BCUT2D eigenvalue weighted by Crippen LogP contribution is 2.40. The zero-order chi connectivity index (χ0) is 12.0. The van der Waals surface area contributed by atoms with E-state index in [-0.39, 0.29) is 22.7 Å². The maximum Gasteiger partial charge on any atom is 0.156 e. The van der Waals surface area contributed by atoms with Gasteiger partial charge in [0, 0.05) is 12.1 Å². The van der Waals surface area contributed by atoms with E-state index in [2.05, 4.69) is 26.1 Å². The van der Waals surface area contributed by atoms with E-state index >= 15 is 0 Å². The van der Waals surface area contributed by atoms with Crippen molar-refractivity contribution in [2.75, 3.05) is 5.75 Å². The number of hydrogen-bond donors (Lipinski definition) is 1. The van der Waals surface area contributed by atoms with E-state index in [1.54, 1.807) is 0 Å². The lowest BCUT2D eigenvalue weighted by molar-refractivity contribution is 0.194. The highest BCUT2D eigenvalue weighted by atomic mass is 32.2. The Bertz CT molecular complexity index is 361. The van der Waals surface area contributed by atoms with Gasteiger partial charge in [0.1, 0.15) is 0 Å². The van der Waals surface area contributed by atoms with Gasteiger partial charge in [-0.3, -0.25) is 0 Å². The number of nitrogens with one attached hydrogen (secondary N) is 1. The second-order valence-corrected chi connectivity index (χ2v) is 8.42. The molecule has 1 heterocycles. The molecule has 1 saturated carbocycles. The molecule has 0 spiro atoms. The minimum atomic E-state index is -2.88. The summed E-state index contributed by atoms with van der Waals surface area (Å²) in [4.78, 5) is 0. The first-order valence-electron chi connectivity index (χ1n) is 6.32. The summed E-state index contributed by atoms with van der Waals surface area (Å²) in [5, 5.41) is 3.38. The predicted molar refractivity (Wildman–Crippen MR) is 66.2 cm³/mol. The molecule has 1 aliphatic carbocycles. The molecular weight excluding hydrogens is 222 g/mol. The fraction of sp³-hybridized carbons (Fsp3) is 1.00. The Balaban J connectivity index is 2.21. The molecule has 3 nitrogen and oxygen atoms in total. The Kier molecular flexibility index (Phi) is 3.08. The van der Waals surface area contributed by atoms with Crippen LogP contribution in [0.15, 0.2) is 0 Å². The first-order chi connectivity index (χ1) is 7.34. The van der Waals surface area contributed by atoms with Crippen molar-refractivity contribution in [3.8, 4) is 0 Å². The predicted octanol–water partition coefficient (Wildman–Crippen LogP) is 1.73. The topological polar surface area (TPSA) is 46.2 Å². The molecule has 0 amide bonds. The summed E-state index contributed by atoms with van der Waals surface area (Å²) in [7, 11) is -2.88. The van der Waals surface area contributed by atoms with Crippen LogP contribution < -0.4 is 5.32 Å². The molecule has 1 N–H and O–H groups in total. The molecule has 0 bridgehead atoms. The van der Waals surface area contributed by atoms with Gasteiger partial charge >= 0.3 is 0 Å². The fourth-order valence-corrected chi connectivity index (χ4v) is 5.64. The molecule has 0 aromatic rings. The van der Waals surface area contributed by atoms with E-state index in [4.69, 9.17) is 0 Å². The molecule has 2 aliphatic rings. The van der Waals surface area contributed by atoms with Gasteiger partial charge in [0.25, 0.3) is 0 Å². The number of rotatable bonds is 1. The maximum absolute atomic E-state index is 12.2. The van der Waals surface area contributed by atoms with E-state index < -0.39 is 9.84 Å². The van der Waals surface area contributed by atoms with Crippen LogP contribution >= 0.6 is 0 Å². The molecule has 2 fully saturated rings. The molecule has 1 aliphatic heterocycles. The van der Waals surface area contributed by atoms with E-state index in [0.717, 1.165) is 25.7 Å². The van der Waals surface area contributed by atoms with E-state index in [1.807, 2.05) is 0 Å². The van der Waals surface area contributed by atoms with Crippen molar-refractivity contribution in [1.82, 2.24) is 5.32 Å². The summed E-state index contributed by atoms with van der Waals surface area (Å²) in [6.45, 7) is 6.43. The third-order valence-corrected chi connectivity index (χ3v) is 6.46. The van der Waals surface area contributed by atoms with Gasteiger partial charge in [-0.05, 0) is 31.1 Å². The van der Waals surface area contributed by atoms with E-state index in [9.17, 15) is 8.42 Å². The third kappa shape index (κ3) is 2.28. The summed E-state index contributed by atoms with van der Waals surface area (Å²) in [6.07, 6.45) is 3.87. The highest BCUT2D eigenvalue weighted by molar-refractivity contribution is 7.92. The Morgan fingerprint density at radius 3 is 2.69 bits per heavy atom. The summed E-state index contributed by atoms with van der Waals surface area (Å²) in [5.41, 5.74) is 0.189. The highest BCUT2D eigenvalue weighted by Gasteiger charge is 2.46. The van der Waals surface area contributed by atoms with Gasteiger partial charge in [-0.25, -0.2) is 8.42 Å². The van der Waals surface area contributed by atoms with Crippen LogP contribution in [0.5, 0.6) is 0 Å². The second kappa shape index (κ2) is 3.98. The second-order valence-electron chi connectivity index (χ2n) is 6.15. The van der Waals surface area contributed by atoms with Gasteiger partial charge in [-0.1, -0.05) is 20.8 Å². The fourth-order valence-electron chi connectivity index (χ4n) is 3.08. The van der Waals surface area contributed by atoms with E-state index in [1.165, 1.54) is 0 Å². The molecule has 3 unspecified atom stereocenters. The van der Waals surface area contributed by atoms with Crippen molar-refractivity contribution in [3.05, 3.63) is 0 Å². The van der Waals surface area contributed by atoms with Crippen molar-refractivity contribution < 1.29 is 8.42 Å². The van der Waals surface area contributed by atoms with Gasteiger partial charge in [0.15, 0.2) is 9.84 Å². The summed E-state index contributed by atoms with van der Waals surface area (Å²) in [5.74, 6) is 0.334. The van der Waals surface area contributed by atoms with Gasteiger partial charge in [0.05, 0.1) is 11.0 Å². The molecule has 4 heteroatoms. The van der Waals surface area contributed by atoms with Crippen LogP contribution in [-0.2, 0) is 9.84 Å². The third-order valence-electron chi connectivity index (χ3n) is 4.17. The standard InChI is InChI=1S/C12H23NO2S/c1-4-9-8-16(14,15)11-7-12(2,3)6-5-10(11)13-9/h9-11,13H,4-8H2,1-3H3. The molecular formula is C12H23NO2S. The minimum absolute atomic E-state index is 0.140. The monoisotopic (exact) mass is 245 g/mol. The van der Waals surface area contributed by atoms with Gasteiger partial charge in [-0.2, -0.15) is 0 Å². The molecule has 0 aromatic heterocycles. The molecule has 94 valence electrons. The Morgan fingerprint density at radius 2 is 2.06 bits per heavy atom. The average Bonchev–Trinajstić information content (AvgIpc) is 2.17. The Morgan fingerprint density at radius 1 is 1.38 bits per heavy atom. The SMILES string of the molecule is CCC1CS(=O)(=O)C2CC(C)(C)CCC2N1. The van der Waals surface area contributed by atoms with Crippen LogP contribution in [0, 0.1) is 5.41 Å². The van der Waals surface area contributed by atoms with Crippen LogP contribution in [0.1, 0.15) is 46.5 Å². The molecule has 3 atom stereocenters. The minimum Gasteiger partial charge on any atom is -0.309 e. The van der Waals surface area contributed by atoms with E-state index in [0.29, 0.717) is 5.75 Å². The zero-order valence-electron chi connectivity index (χ0n) is 10.5. The molecule has 0 aromatic carbocycles. The molecule has 1 saturated heterocycles. The van der Waals surface area contributed by atoms with Crippen molar-refractivity contribution in [1.29, 1.82) is 0 Å². The van der Waals surface area contributed by atoms with Crippen molar-refractivity contribution >= 4 is 9.84 Å². The van der Waals surface area contributed by atoms with Crippen LogP contribution in [-0.4, -0.2) is 31.5 Å². The smallest absolute Gasteiger partial charge is 0.156 e. The summed E-state index contributed by atoms with van der Waals surface area (Å²) >= 11 is 0. The number of sulfone groups is 1. The first-order valence-corrected chi connectivity index (χ1v) is 8.03. The number of fused-ring (bicyclic) bond motifs is 1. The largest absolute Gasteiger partial charge is 0.309 e. The molecule has 2 rings (SSSR count). The van der Waals surface area contributed by atoms with Gasteiger partial charge < -0.3 is 5.32 Å². The van der Waals surface area contributed by atoms with Crippen molar-refractivity contribution in [2.24, 2.45) is 5.41 Å². The first kappa shape index (κ1) is 12.4. The van der Waals surface area contributed by atoms with Crippen LogP contribution in [0.4, 0.5) is 0 Å². The number of hydrogen-bond acceptors (Lipinski definition) is 3. The summed E-state index contributed by atoms with van der Waals surface area (Å²) in [6, 6.07) is 0.379. The van der Waals surface area contributed by atoms with Gasteiger partial charge in [-0.15, -0.1) is 0 Å². The molecule has 16 heavy (non-hydrogen) atoms. The van der Waals surface area contributed by atoms with Crippen LogP contribution in [0.2, 0.25) is 0 Å². The average molecular weight is 245 g/mol. The Hall–Kier alpha value is -0.0900. The zero-order valence-corrected chi connectivity index (χ0v) is 11.3.